The fourth-order valence-corrected chi connectivity index (χ4v) is 2.72. The van der Waals surface area contributed by atoms with Crippen molar-refractivity contribution in [2.75, 3.05) is 13.2 Å². The maximum atomic E-state index is 12.6. The number of nitrogens with zero attached hydrogens (tertiary/aromatic N) is 1. The zero-order valence-electron chi connectivity index (χ0n) is 12.2. The van der Waals surface area contributed by atoms with Gasteiger partial charge in [0.2, 0.25) is 0 Å². The molecule has 1 aromatic rings. The molecule has 0 saturated carbocycles. The van der Waals surface area contributed by atoms with E-state index in [0.717, 1.165) is 25.8 Å². The molecule has 1 aliphatic rings. The first-order chi connectivity index (χ1) is 10.1. The van der Waals surface area contributed by atoms with Gasteiger partial charge in [-0.25, -0.2) is 4.79 Å². The Morgan fingerprint density at radius 2 is 2.19 bits per heavy atom. The highest BCUT2D eigenvalue weighted by molar-refractivity contribution is 5.94. The molecule has 2 rings (SSSR count). The molecule has 5 heteroatoms. The molecule has 1 N–H and O–H groups in total. The monoisotopic (exact) mass is 291 g/mol. The second-order valence-corrected chi connectivity index (χ2v) is 5.27. The van der Waals surface area contributed by atoms with Crippen LogP contribution in [0.15, 0.2) is 24.3 Å². The molecule has 1 unspecified atom stereocenters. The molecule has 1 aliphatic heterocycles. The van der Waals surface area contributed by atoms with Crippen LogP contribution in [0.4, 0.5) is 0 Å². The quantitative estimate of drug-likeness (QED) is 0.905. The largest absolute Gasteiger partial charge is 0.482 e. The summed E-state index contributed by atoms with van der Waals surface area (Å²) in [6.07, 6.45) is 4.22. The molecule has 1 aromatic carbocycles. The fraction of sp³-hybridized carbons (Fsp3) is 0.500. The number of carboxylic acid groups (broad SMARTS) is 1. The number of ether oxygens (including phenoxy) is 1. The number of carboxylic acids is 1. The lowest BCUT2D eigenvalue weighted by molar-refractivity contribution is -0.139. The molecule has 1 saturated heterocycles. The third-order valence-corrected chi connectivity index (χ3v) is 3.80. The van der Waals surface area contributed by atoms with E-state index >= 15 is 0 Å². The molecule has 5 nitrogen and oxygen atoms in total. The zero-order valence-corrected chi connectivity index (χ0v) is 12.2. The zero-order chi connectivity index (χ0) is 15.2. The number of carbonyl (C=O) groups is 2. The average Bonchev–Trinajstić information content (AvgIpc) is 2.52. The van der Waals surface area contributed by atoms with Gasteiger partial charge < -0.3 is 14.7 Å². The molecular weight excluding hydrogens is 270 g/mol. The maximum Gasteiger partial charge on any atom is 0.341 e. The molecular formula is C16H21NO4. The van der Waals surface area contributed by atoms with Crippen LogP contribution in [-0.4, -0.2) is 41.1 Å². The van der Waals surface area contributed by atoms with Crippen LogP contribution in [0, 0.1) is 0 Å². The number of likely N-dealkylation sites (tertiary alicyclic amines) is 1. The van der Waals surface area contributed by atoms with Crippen LogP contribution in [0.1, 0.15) is 43.0 Å². The summed E-state index contributed by atoms with van der Waals surface area (Å²) in [4.78, 5) is 25.1. The maximum absolute atomic E-state index is 12.6. The predicted molar refractivity (Wildman–Crippen MR) is 78.5 cm³/mol. The van der Waals surface area contributed by atoms with Crippen LogP contribution in [-0.2, 0) is 4.79 Å². The molecule has 0 spiro atoms. The van der Waals surface area contributed by atoms with Gasteiger partial charge in [-0.1, -0.05) is 13.0 Å². The molecule has 1 amide bonds. The highest BCUT2D eigenvalue weighted by Crippen LogP contribution is 2.23. The van der Waals surface area contributed by atoms with Crippen molar-refractivity contribution in [1.82, 2.24) is 4.90 Å². The molecule has 1 atom stereocenters. The Hall–Kier alpha value is -2.04. The molecule has 0 aromatic heterocycles. The summed E-state index contributed by atoms with van der Waals surface area (Å²) < 4.78 is 5.13. The Morgan fingerprint density at radius 3 is 2.90 bits per heavy atom. The molecule has 1 heterocycles. The van der Waals surface area contributed by atoms with Gasteiger partial charge in [-0.05, 0) is 43.9 Å². The van der Waals surface area contributed by atoms with Crippen molar-refractivity contribution >= 4 is 11.9 Å². The highest BCUT2D eigenvalue weighted by atomic mass is 16.5. The Balaban J connectivity index is 2.11. The van der Waals surface area contributed by atoms with Gasteiger partial charge in [0.05, 0.1) is 0 Å². The van der Waals surface area contributed by atoms with E-state index in [9.17, 15) is 9.59 Å². The lowest BCUT2D eigenvalue weighted by Gasteiger charge is -2.35. The third-order valence-electron chi connectivity index (χ3n) is 3.80. The number of benzene rings is 1. The van der Waals surface area contributed by atoms with E-state index in [1.807, 2.05) is 4.90 Å². The summed E-state index contributed by atoms with van der Waals surface area (Å²) >= 11 is 0. The molecule has 1 fully saturated rings. The van der Waals surface area contributed by atoms with Crippen molar-refractivity contribution in [3.05, 3.63) is 29.8 Å². The van der Waals surface area contributed by atoms with E-state index in [4.69, 9.17) is 9.84 Å². The van der Waals surface area contributed by atoms with Gasteiger partial charge in [0.15, 0.2) is 6.61 Å². The first-order valence-electron chi connectivity index (χ1n) is 7.37. The van der Waals surface area contributed by atoms with E-state index in [1.54, 1.807) is 24.3 Å². The molecule has 114 valence electrons. The number of piperidine rings is 1. The van der Waals surface area contributed by atoms with Crippen LogP contribution >= 0.6 is 0 Å². The minimum absolute atomic E-state index is 0.00215. The molecule has 0 aliphatic carbocycles. The molecule has 0 radical (unpaired) electrons. The van der Waals surface area contributed by atoms with Gasteiger partial charge in [-0.3, -0.25) is 4.79 Å². The molecule has 0 bridgehead atoms. The Labute approximate surface area is 124 Å². The van der Waals surface area contributed by atoms with Crippen molar-refractivity contribution in [3.63, 3.8) is 0 Å². The van der Waals surface area contributed by atoms with Crippen LogP contribution < -0.4 is 4.74 Å². The van der Waals surface area contributed by atoms with E-state index in [0.29, 0.717) is 17.4 Å². The van der Waals surface area contributed by atoms with Crippen LogP contribution in [0.25, 0.3) is 0 Å². The Bertz CT molecular complexity index is 515. The lowest BCUT2D eigenvalue weighted by atomic mass is 9.99. The van der Waals surface area contributed by atoms with Crippen LogP contribution in [0.5, 0.6) is 5.75 Å². The number of carbonyl (C=O) groups excluding carboxylic acids is 1. The smallest absolute Gasteiger partial charge is 0.341 e. The summed E-state index contributed by atoms with van der Waals surface area (Å²) in [5, 5.41) is 8.62. The fourth-order valence-electron chi connectivity index (χ4n) is 2.72. The normalized spacial score (nSPS) is 18.3. The Morgan fingerprint density at radius 1 is 1.38 bits per heavy atom. The van der Waals surface area contributed by atoms with Crippen LogP contribution in [0.2, 0.25) is 0 Å². The second-order valence-electron chi connectivity index (χ2n) is 5.27. The highest BCUT2D eigenvalue weighted by Gasteiger charge is 2.26. The standard InChI is InChI=1S/C16H21NO4/c1-2-13-7-3-4-9-17(13)16(20)12-6-5-8-14(10-12)21-11-15(18)19/h5-6,8,10,13H,2-4,7,9,11H2,1H3,(H,18,19). The Kier molecular flexibility index (Phi) is 5.20. The number of hydrogen-bond acceptors (Lipinski definition) is 3. The van der Waals surface area contributed by atoms with E-state index in [-0.39, 0.29) is 5.91 Å². The van der Waals surface area contributed by atoms with E-state index in [1.165, 1.54) is 6.42 Å². The van der Waals surface area contributed by atoms with E-state index < -0.39 is 12.6 Å². The summed E-state index contributed by atoms with van der Waals surface area (Å²) in [6, 6.07) is 7.04. The second kappa shape index (κ2) is 7.11. The summed E-state index contributed by atoms with van der Waals surface area (Å²) in [5.74, 6) is -0.621. The van der Waals surface area contributed by atoms with Crippen LogP contribution in [0.3, 0.4) is 0 Å². The number of hydrogen-bond donors (Lipinski definition) is 1. The first kappa shape index (κ1) is 15.4. The minimum Gasteiger partial charge on any atom is -0.482 e. The average molecular weight is 291 g/mol. The first-order valence-corrected chi connectivity index (χ1v) is 7.37. The van der Waals surface area contributed by atoms with Gasteiger partial charge in [-0.2, -0.15) is 0 Å². The van der Waals surface area contributed by atoms with Gasteiger partial charge in [0.25, 0.3) is 5.91 Å². The molecule has 21 heavy (non-hydrogen) atoms. The minimum atomic E-state index is -1.03. The number of amides is 1. The summed E-state index contributed by atoms with van der Waals surface area (Å²) in [6.45, 7) is 2.49. The predicted octanol–water partition coefficient (Wildman–Crippen LogP) is 2.55. The van der Waals surface area contributed by atoms with Crippen molar-refractivity contribution in [2.24, 2.45) is 0 Å². The van der Waals surface area contributed by atoms with Gasteiger partial charge in [-0.15, -0.1) is 0 Å². The van der Waals surface area contributed by atoms with Gasteiger partial charge in [0, 0.05) is 18.2 Å². The van der Waals surface area contributed by atoms with Crippen molar-refractivity contribution in [1.29, 1.82) is 0 Å². The van der Waals surface area contributed by atoms with E-state index in [2.05, 4.69) is 6.92 Å². The van der Waals surface area contributed by atoms with Crippen molar-refractivity contribution in [2.45, 2.75) is 38.6 Å². The number of aliphatic carboxylic acids is 1. The summed E-state index contributed by atoms with van der Waals surface area (Å²) in [5.41, 5.74) is 0.554. The topological polar surface area (TPSA) is 66.8 Å². The summed E-state index contributed by atoms with van der Waals surface area (Å²) in [7, 11) is 0. The lowest BCUT2D eigenvalue weighted by Crippen LogP contribution is -2.43. The van der Waals surface area contributed by atoms with Crippen molar-refractivity contribution in [3.8, 4) is 5.75 Å². The van der Waals surface area contributed by atoms with Gasteiger partial charge in [0.1, 0.15) is 5.75 Å². The van der Waals surface area contributed by atoms with Gasteiger partial charge >= 0.3 is 5.97 Å². The third kappa shape index (κ3) is 3.97. The van der Waals surface area contributed by atoms with Crippen molar-refractivity contribution < 1.29 is 19.4 Å². The number of rotatable bonds is 5. The SMILES string of the molecule is CCC1CCCCN1C(=O)c1cccc(OCC(=O)O)c1.